The Balaban J connectivity index is 1.91. The molecule has 2 atom stereocenters. The van der Waals surface area contributed by atoms with Gasteiger partial charge in [0.15, 0.2) is 11.5 Å². The number of halogens is 3. The van der Waals surface area contributed by atoms with Gasteiger partial charge in [0, 0.05) is 17.2 Å². The van der Waals surface area contributed by atoms with Crippen LogP contribution in [0.4, 0.5) is 13.2 Å². The molecule has 1 saturated carbocycles. The molecule has 8 heteroatoms. The van der Waals surface area contributed by atoms with Crippen LogP contribution in [0.25, 0.3) is 5.82 Å². The highest BCUT2D eigenvalue weighted by Crippen LogP contribution is 2.57. The number of hydrogen-bond donors (Lipinski definition) is 1. The molecular formula is C15H12F3N3O2. The van der Waals surface area contributed by atoms with Gasteiger partial charge in [0.05, 0.1) is 11.3 Å². The lowest BCUT2D eigenvalue weighted by atomic mass is 10.1. The second kappa shape index (κ2) is 4.33. The van der Waals surface area contributed by atoms with E-state index in [1.165, 1.54) is 11.6 Å². The first kappa shape index (κ1) is 14.2. The van der Waals surface area contributed by atoms with Crippen molar-refractivity contribution in [1.82, 2.24) is 14.8 Å². The van der Waals surface area contributed by atoms with E-state index in [-0.39, 0.29) is 23.1 Å². The van der Waals surface area contributed by atoms with Crippen LogP contribution in [-0.2, 0) is 12.6 Å². The number of aryl methyl sites for hydroxylation is 1. The van der Waals surface area contributed by atoms with Gasteiger partial charge in [-0.2, -0.15) is 18.3 Å². The van der Waals surface area contributed by atoms with Gasteiger partial charge < -0.3 is 5.11 Å². The van der Waals surface area contributed by atoms with E-state index in [9.17, 15) is 23.1 Å². The standard InChI is InChI=1S/C15H12F3N3O2/c1-6-2-8(15(16,17)18)5-11(19-6)21-13-9-3-7(9)4-10(13)12(20-21)14(22)23/h2,5,7,9H,3-4H2,1H3,(H,22,23)/t7-,9-/m1/s1. The van der Waals surface area contributed by atoms with Gasteiger partial charge in [-0.1, -0.05) is 0 Å². The van der Waals surface area contributed by atoms with Crippen molar-refractivity contribution >= 4 is 5.97 Å². The van der Waals surface area contributed by atoms with Gasteiger partial charge in [-0.05, 0) is 37.8 Å². The molecule has 2 aromatic rings. The van der Waals surface area contributed by atoms with Crippen LogP contribution >= 0.6 is 0 Å². The SMILES string of the molecule is Cc1cc(C(F)(F)F)cc(-n2nc(C(=O)O)c3c2[C@@H]2C[C@@H]2C3)n1. The lowest BCUT2D eigenvalue weighted by Gasteiger charge is -2.11. The number of carbonyl (C=O) groups is 1. The highest BCUT2D eigenvalue weighted by Gasteiger charge is 2.50. The number of carboxylic acid groups (broad SMARTS) is 1. The molecule has 0 bridgehead atoms. The zero-order valence-corrected chi connectivity index (χ0v) is 12.1. The monoisotopic (exact) mass is 323 g/mol. The van der Waals surface area contributed by atoms with E-state index in [2.05, 4.69) is 10.1 Å². The Morgan fingerprint density at radius 3 is 2.78 bits per heavy atom. The van der Waals surface area contributed by atoms with E-state index < -0.39 is 17.7 Å². The molecule has 4 rings (SSSR count). The van der Waals surface area contributed by atoms with Crippen molar-refractivity contribution in [2.24, 2.45) is 5.92 Å². The lowest BCUT2D eigenvalue weighted by Crippen LogP contribution is -2.11. The number of carboxylic acids is 1. The highest BCUT2D eigenvalue weighted by atomic mass is 19.4. The van der Waals surface area contributed by atoms with Gasteiger partial charge in [0.25, 0.3) is 0 Å². The molecule has 0 amide bonds. The minimum Gasteiger partial charge on any atom is -0.476 e. The Morgan fingerprint density at radius 2 is 2.13 bits per heavy atom. The first-order valence-electron chi connectivity index (χ1n) is 7.17. The van der Waals surface area contributed by atoms with Crippen LogP contribution in [0.1, 0.15) is 45.3 Å². The number of rotatable bonds is 2. The van der Waals surface area contributed by atoms with Crippen molar-refractivity contribution in [2.45, 2.75) is 31.9 Å². The predicted molar refractivity (Wildman–Crippen MR) is 72.6 cm³/mol. The molecule has 1 N–H and O–H groups in total. The van der Waals surface area contributed by atoms with Crippen LogP contribution in [0, 0.1) is 12.8 Å². The molecule has 0 aromatic carbocycles. The van der Waals surface area contributed by atoms with Crippen molar-refractivity contribution in [1.29, 1.82) is 0 Å². The zero-order chi connectivity index (χ0) is 16.5. The molecular weight excluding hydrogens is 311 g/mol. The number of pyridine rings is 1. The number of fused-ring (bicyclic) bond motifs is 3. The van der Waals surface area contributed by atoms with Crippen LogP contribution < -0.4 is 0 Å². The summed E-state index contributed by atoms with van der Waals surface area (Å²) in [6.45, 7) is 1.47. The fourth-order valence-electron chi connectivity index (χ4n) is 3.39. The third-order valence-corrected chi connectivity index (χ3v) is 4.45. The Kier molecular flexibility index (Phi) is 2.68. The molecule has 2 aliphatic rings. The van der Waals surface area contributed by atoms with Crippen molar-refractivity contribution in [2.75, 3.05) is 0 Å². The zero-order valence-electron chi connectivity index (χ0n) is 12.1. The second-order valence-electron chi connectivity index (χ2n) is 6.09. The average molecular weight is 323 g/mol. The van der Waals surface area contributed by atoms with Gasteiger partial charge in [-0.25, -0.2) is 14.5 Å². The van der Waals surface area contributed by atoms with Gasteiger partial charge in [0.1, 0.15) is 0 Å². The molecule has 23 heavy (non-hydrogen) atoms. The Bertz CT molecular complexity index is 841. The van der Waals surface area contributed by atoms with E-state index in [4.69, 9.17) is 0 Å². The maximum atomic E-state index is 13.0. The average Bonchev–Trinajstić information content (AvgIpc) is 2.93. The molecule has 0 spiro atoms. The molecule has 2 aromatic heterocycles. The molecule has 120 valence electrons. The minimum atomic E-state index is -4.49. The summed E-state index contributed by atoms with van der Waals surface area (Å²) in [5.41, 5.74) is 0.658. The van der Waals surface area contributed by atoms with Crippen molar-refractivity contribution in [3.63, 3.8) is 0 Å². The normalized spacial score (nSPS) is 21.9. The van der Waals surface area contributed by atoms with Gasteiger partial charge in [-0.15, -0.1) is 0 Å². The number of aromatic carboxylic acids is 1. The number of aromatic nitrogens is 3. The van der Waals surface area contributed by atoms with Crippen LogP contribution in [0.3, 0.4) is 0 Å². The number of alkyl halides is 3. The summed E-state index contributed by atoms with van der Waals surface area (Å²) < 4.78 is 40.3. The Labute approximate surface area is 128 Å². The van der Waals surface area contributed by atoms with Crippen LogP contribution in [-0.4, -0.2) is 25.8 Å². The first-order valence-corrected chi connectivity index (χ1v) is 7.17. The van der Waals surface area contributed by atoms with Gasteiger partial charge >= 0.3 is 12.1 Å². The summed E-state index contributed by atoms with van der Waals surface area (Å²) >= 11 is 0. The molecule has 5 nitrogen and oxygen atoms in total. The number of nitrogens with zero attached hydrogens (tertiary/aromatic N) is 3. The topological polar surface area (TPSA) is 68.0 Å². The maximum Gasteiger partial charge on any atom is 0.416 e. The van der Waals surface area contributed by atoms with E-state index in [0.29, 0.717) is 23.6 Å². The van der Waals surface area contributed by atoms with Gasteiger partial charge in [-0.3, -0.25) is 0 Å². The van der Waals surface area contributed by atoms with Crippen molar-refractivity contribution < 1.29 is 23.1 Å². The largest absolute Gasteiger partial charge is 0.476 e. The molecule has 0 radical (unpaired) electrons. The molecule has 1 fully saturated rings. The fraction of sp³-hybridized carbons (Fsp3) is 0.400. The minimum absolute atomic E-state index is 0.0219. The van der Waals surface area contributed by atoms with Crippen molar-refractivity contribution in [3.8, 4) is 5.82 Å². The quantitative estimate of drug-likeness (QED) is 0.922. The Hall–Kier alpha value is -2.38. The van der Waals surface area contributed by atoms with Crippen molar-refractivity contribution in [3.05, 3.63) is 40.3 Å². The van der Waals surface area contributed by atoms with E-state index in [1.54, 1.807) is 0 Å². The summed E-state index contributed by atoms with van der Waals surface area (Å²) in [6.07, 6.45) is -2.94. The summed E-state index contributed by atoms with van der Waals surface area (Å²) in [6, 6.07) is 1.88. The Morgan fingerprint density at radius 1 is 1.39 bits per heavy atom. The molecule has 0 saturated heterocycles. The van der Waals surface area contributed by atoms with E-state index in [0.717, 1.165) is 18.6 Å². The summed E-state index contributed by atoms with van der Waals surface area (Å²) in [7, 11) is 0. The van der Waals surface area contributed by atoms with E-state index >= 15 is 0 Å². The summed E-state index contributed by atoms with van der Waals surface area (Å²) in [4.78, 5) is 15.5. The molecule has 0 aliphatic heterocycles. The second-order valence-corrected chi connectivity index (χ2v) is 6.09. The van der Waals surface area contributed by atoms with Crippen LogP contribution in [0.15, 0.2) is 12.1 Å². The molecule has 2 heterocycles. The molecule has 0 unspecified atom stereocenters. The smallest absolute Gasteiger partial charge is 0.416 e. The van der Waals surface area contributed by atoms with Gasteiger partial charge in [0.2, 0.25) is 0 Å². The van der Waals surface area contributed by atoms with Crippen LogP contribution in [0.5, 0.6) is 0 Å². The third kappa shape index (κ3) is 2.12. The van der Waals surface area contributed by atoms with E-state index in [1.807, 2.05) is 0 Å². The first-order chi connectivity index (χ1) is 10.8. The fourth-order valence-corrected chi connectivity index (χ4v) is 3.39. The highest BCUT2D eigenvalue weighted by molar-refractivity contribution is 5.88. The third-order valence-electron chi connectivity index (χ3n) is 4.45. The lowest BCUT2D eigenvalue weighted by molar-refractivity contribution is -0.137. The van der Waals surface area contributed by atoms with Crippen LogP contribution in [0.2, 0.25) is 0 Å². The summed E-state index contributed by atoms with van der Waals surface area (Å²) in [5, 5.41) is 13.3. The maximum absolute atomic E-state index is 13.0. The number of hydrogen-bond acceptors (Lipinski definition) is 3. The predicted octanol–water partition coefficient (Wildman–Crippen LogP) is 2.95. The summed E-state index contributed by atoms with van der Waals surface area (Å²) in [5.74, 6) is -0.569. The molecule has 2 aliphatic carbocycles.